The van der Waals surface area contributed by atoms with E-state index in [0.717, 1.165) is 17.9 Å². The van der Waals surface area contributed by atoms with Gasteiger partial charge in [-0.1, -0.05) is 11.3 Å². The topological polar surface area (TPSA) is 108 Å². The van der Waals surface area contributed by atoms with E-state index in [2.05, 4.69) is 20.8 Å². The van der Waals surface area contributed by atoms with E-state index >= 15 is 0 Å². The highest BCUT2D eigenvalue weighted by atomic mass is 32.1. The maximum atomic E-state index is 13.0. The van der Waals surface area contributed by atoms with Crippen molar-refractivity contribution < 1.29 is 18.8 Å². The molecule has 1 aromatic carbocycles. The average Bonchev–Trinajstić information content (AvgIpc) is 3.25. The number of likely N-dealkylation sites (N-methyl/N-ethyl adjacent to an activating group) is 1. The first kappa shape index (κ1) is 22.8. The maximum Gasteiger partial charge on any atom is 0.286 e. The zero-order valence-electron chi connectivity index (χ0n) is 17.4. The monoisotopic (exact) mass is 448 g/mol. The Labute approximate surface area is 183 Å². The number of hydrogen-bond donors (Lipinski definition) is 2. The van der Waals surface area contributed by atoms with Crippen LogP contribution in [0, 0.1) is 11.7 Å². The Morgan fingerprint density at radius 3 is 2.42 bits per heavy atom. The fraction of sp³-hybridized carbons (Fsp3) is 0.450. The lowest BCUT2D eigenvalue weighted by molar-refractivity contribution is -0.126. The molecule has 0 unspecified atom stereocenters. The number of rotatable bonds is 7. The van der Waals surface area contributed by atoms with Crippen molar-refractivity contribution in [3.8, 4) is 0 Å². The fourth-order valence-corrected chi connectivity index (χ4v) is 3.85. The largest absolute Gasteiger partial charge is 0.355 e. The van der Waals surface area contributed by atoms with Crippen LogP contribution >= 0.6 is 11.3 Å². The van der Waals surface area contributed by atoms with Gasteiger partial charge in [0.15, 0.2) is 0 Å². The molecule has 0 bridgehead atoms. The standard InChI is InChI=1S/C20H25FN6O3S/c1-26(2)12-9-22-16(28)13-7-10-27(11-8-13)20(30)19-25-24-18(31-19)17(29)23-15-5-3-14(21)4-6-15/h3-6,13H,7-12H2,1-2H3,(H,22,28)(H,23,29). The minimum atomic E-state index is -0.517. The van der Waals surface area contributed by atoms with Crippen LogP contribution < -0.4 is 10.6 Å². The predicted molar refractivity (Wildman–Crippen MR) is 114 cm³/mol. The molecule has 2 aromatic rings. The van der Waals surface area contributed by atoms with Gasteiger partial charge in [0.1, 0.15) is 5.82 Å². The van der Waals surface area contributed by atoms with E-state index in [1.807, 2.05) is 19.0 Å². The highest BCUT2D eigenvalue weighted by molar-refractivity contribution is 7.15. The SMILES string of the molecule is CN(C)CCNC(=O)C1CCN(C(=O)c2nnc(C(=O)Nc3ccc(F)cc3)s2)CC1. The molecule has 11 heteroatoms. The van der Waals surface area contributed by atoms with Gasteiger partial charge in [-0.25, -0.2) is 4.39 Å². The van der Waals surface area contributed by atoms with Gasteiger partial charge in [0.05, 0.1) is 0 Å². The van der Waals surface area contributed by atoms with Crippen molar-refractivity contribution in [3.63, 3.8) is 0 Å². The molecule has 0 saturated carbocycles. The zero-order chi connectivity index (χ0) is 22.4. The number of anilines is 1. The average molecular weight is 449 g/mol. The first-order valence-corrected chi connectivity index (χ1v) is 10.8. The summed E-state index contributed by atoms with van der Waals surface area (Å²) in [6.07, 6.45) is 1.16. The summed E-state index contributed by atoms with van der Waals surface area (Å²) in [6, 6.07) is 5.33. The third-order valence-corrected chi connectivity index (χ3v) is 5.83. The van der Waals surface area contributed by atoms with Gasteiger partial charge in [-0.15, -0.1) is 10.2 Å². The van der Waals surface area contributed by atoms with Gasteiger partial charge in [-0.2, -0.15) is 0 Å². The van der Waals surface area contributed by atoms with E-state index in [-0.39, 0.29) is 27.7 Å². The van der Waals surface area contributed by atoms with Gasteiger partial charge in [0.2, 0.25) is 15.9 Å². The molecular weight excluding hydrogens is 423 g/mol. The van der Waals surface area contributed by atoms with E-state index in [1.54, 1.807) is 4.90 Å². The van der Waals surface area contributed by atoms with Crippen LogP contribution in [0.3, 0.4) is 0 Å². The van der Waals surface area contributed by atoms with Gasteiger partial charge >= 0.3 is 0 Å². The van der Waals surface area contributed by atoms with Crippen molar-refractivity contribution in [2.45, 2.75) is 12.8 Å². The van der Waals surface area contributed by atoms with Crippen LogP contribution in [-0.2, 0) is 4.79 Å². The Bertz CT molecular complexity index is 925. The summed E-state index contributed by atoms with van der Waals surface area (Å²) in [5, 5.41) is 13.3. The minimum Gasteiger partial charge on any atom is -0.355 e. The number of carbonyl (C=O) groups excluding carboxylic acids is 3. The van der Waals surface area contributed by atoms with Crippen molar-refractivity contribution in [1.82, 2.24) is 25.3 Å². The second-order valence-electron chi connectivity index (χ2n) is 7.53. The lowest BCUT2D eigenvalue weighted by atomic mass is 9.96. The summed E-state index contributed by atoms with van der Waals surface area (Å²) in [6.45, 7) is 2.26. The molecule has 1 fully saturated rings. The van der Waals surface area contributed by atoms with Crippen LogP contribution in [0.4, 0.5) is 10.1 Å². The van der Waals surface area contributed by atoms with Gasteiger partial charge in [0, 0.05) is 37.8 Å². The second-order valence-corrected chi connectivity index (χ2v) is 8.51. The predicted octanol–water partition coefficient (Wildman–Crippen LogP) is 1.46. The number of hydrogen-bond acceptors (Lipinski definition) is 7. The van der Waals surface area contributed by atoms with Crippen molar-refractivity contribution in [2.24, 2.45) is 5.92 Å². The molecule has 1 saturated heterocycles. The number of carbonyl (C=O) groups is 3. The molecule has 3 amide bonds. The Hall–Kier alpha value is -2.92. The van der Waals surface area contributed by atoms with E-state index in [9.17, 15) is 18.8 Å². The Kier molecular flexibility index (Phi) is 7.64. The quantitative estimate of drug-likeness (QED) is 0.664. The molecule has 1 aromatic heterocycles. The van der Waals surface area contributed by atoms with E-state index in [1.165, 1.54) is 24.3 Å². The van der Waals surface area contributed by atoms with Gasteiger partial charge in [-0.05, 0) is 51.2 Å². The molecule has 31 heavy (non-hydrogen) atoms. The summed E-state index contributed by atoms with van der Waals surface area (Å²) < 4.78 is 13.0. The summed E-state index contributed by atoms with van der Waals surface area (Å²) in [5.74, 6) is -1.32. The molecule has 0 aliphatic carbocycles. The van der Waals surface area contributed by atoms with Crippen LogP contribution in [0.2, 0.25) is 0 Å². The van der Waals surface area contributed by atoms with Crippen molar-refractivity contribution >= 4 is 34.7 Å². The summed E-state index contributed by atoms with van der Waals surface area (Å²) in [4.78, 5) is 40.9. The number of aromatic nitrogens is 2. The summed E-state index contributed by atoms with van der Waals surface area (Å²) >= 11 is 0.903. The molecule has 0 radical (unpaired) electrons. The molecular formula is C20H25FN6O3S. The third kappa shape index (κ3) is 6.28. The summed E-state index contributed by atoms with van der Waals surface area (Å²) in [5.41, 5.74) is 0.417. The van der Waals surface area contributed by atoms with Crippen molar-refractivity contribution in [3.05, 3.63) is 40.1 Å². The lowest BCUT2D eigenvalue weighted by Crippen LogP contribution is -2.44. The van der Waals surface area contributed by atoms with Gasteiger partial charge in [0.25, 0.3) is 11.8 Å². The van der Waals surface area contributed by atoms with Crippen LogP contribution in [0.25, 0.3) is 0 Å². The first-order valence-electron chi connectivity index (χ1n) is 9.95. The highest BCUT2D eigenvalue weighted by Crippen LogP contribution is 2.21. The van der Waals surface area contributed by atoms with E-state index in [4.69, 9.17) is 0 Å². The zero-order valence-corrected chi connectivity index (χ0v) is 18.2. The molecule has 1 aliphatic rings. The molecule has 2 heterocycles. The Morgan fingerprint density at radius 1 is 1.13 bits per heavy atom. The van der Waals surface area contributed by atoms with Crippen LogP contribution in [-0.4, -0.2) is 78.0 Å². The third-order valence-electron chi connectivity index (χ3n) is 4.92. The van der Waals surface area contributed by atoms with Crippen LogP contribution in [0.1, 0.15) is 32.4 Å². The van der Waals surface area contributed by atoms with Gasteiger partial charge < -0.3 is 20.4 Å². The number of halogens is 1. The molecule has 3 rings (SSSR count). The molecule has 0 atom stereocenters. The normalized spacial score (nSPS) is 14.5. The highest BCUT2D eigenvalue weighted by Gasteiger charge is 2.29. The van der Waals surface area contributed by atoms with Crippen molar-refractivity contribution in [2.75, 3.05) is 45.6 Å². The van der Waals surface area contributed by atoms with Crippen molar-refractivity contribution in [1.29, 1.82) is 0 Å². The second kappa shape index (κ2) is 10.4. The molecule has 2 N–H and O–H groups in total. The molecule has 1 aliphatic heterocycles. The minimum absolute atomic E-state index is 0.0182. The van der Waals surface area contributed by atoms with Crippen LogP contribution in [0.5, 0.6) is 0 Å². The molecule has 166 valence electrons. The number of benzene rings is 1. The number of amides is 3. The van der Waals surface area contributed by atoms with E-state index in [0.29, 0.717) is 38.2 Å². The Balaban J connectivity index is 1.50. The molecule has 9 nitrogen and oxygen atoms in total. The summed E-state index contributed by atoms with van der Waals surface area (Å²) in [7, 11) is 3.89. The fourth-order valence-electron chi connectivity index (χ4n) is 3.15. The van der Waals surface area contributed by atoms with Crippen LogP contribution in [0.15, 0.2) is 24.3 Å². The number of piperidine rings is 1. The number of likely N-dealkylation sites (tertiary alicyclic amines) is 1. The Morgan fingerprint density at radius 2 is 1.77 bits per heavy atom. The number of nitrogens with one attached hydrogen (secondary N) is 2. The van der Waals surface area contributed by atoms with E-state index < -0.39 is 11.7 Å². The lowest BCUT2D eigenvalue weighted by Gasteiger charge is -2.30. The first-order chi connectivity index (χ1) is 14.8. The number of nitrogens with zero attached hydrogens (tertiary/aromatic N) is 4. The van der Waals surface area contributed by atoms with Gasteiger partial charge in [-0.3, -0.25) is 14.4 Å². The smallest absolute Gasteiger partial charge is 0.286 e. The molecule has 0 spiro atoms. The maximum absolute atomic E-state index is 13.0.